The third-order valence-corrected chi connectivity index (χ3v) is 2.45. The molecule has 1 saturated heterocycles. The van der Waals surface area contributed by atoms with E-state index >= 15 is 0 Å². The van der Waals surface area contributed by atoms with E-state index in [9.17, 15) is 9.59 Å². The number of halogens is 1. The second-order valence-electron chi connectivity index (χ2n) is 3.48. The number of amides is 1. The van der Waals surface area contributed by atoms with Crippen LogP contribution in [0.4, 0.5) is 0 Å². The molecule has 15 heavy (non-hydrogen) atoms. The second kappa shape index (κ2) is 6.63. The molecule has 0 aromatic heterocycles. The number of likely N-dealkylation sites (tertiary alicyclic amines) is 1. The number of carbonyl (C=O) groups is 2. The predicted molar refractivity (Wildman–Crippen MR) is 57.9 cm³/mol. The molecule has 5 nitrogen and oxygen atoms in total. The van der Waals surface area contributed by atoms with Crippen molar-refractivity contribution < 1.29 is 14.7 Å². The first-order chi connectivity index (χ1) is 6.66. The zero-order valence-electron chi connectivity index (χ0n) is 8.52. The summed E-state index contributed by atoms with van der Waals surface area (Å²) < 4.78 is 0. The molecule has 1 atom stereocenters. The number of rotatable bonds is 4. The van der Waals surface area contributed by atoms with Crippen LogP contribution in [0, 0.1) is 0 Å². The largest absolute Gasteiger partial charge is 0.480 e. The molecule has 0 aliphatic carbocycles. The quantitative estimate of drug-likeness (QED) is 0.732. The summed E-state index contributed by atoms with van der Waals surface area (Å²) in [6.45, 7) is 1.04. The summed E-state index contributed by atoms with van der Waals surface area (Å²) in [5.74, 6) is -0.982. The topological polar surface area (TPSA) is 83.6 Å². The third-order valence-electron chi connectivity index (χ3n) is 2.45. The standard InChI is InChI=1S/C9H16N2O3.ClH/c10-5-1-4-8(12)11-6-2-3-7(11)9(13)14;/h7H,1-6,10H2,(H,13,14);1H/t7-;/m0./s1. The van der Waals surface area contributed by atoms with Crippen LogP contribution in [-0.2, 0) is 9.59 Å². The lowest BCUT2D eigenvalue weighted by Gasteiger charge is -2.21. The molecule has 3 N–H and O–H groups in total. The lowest BCUT2D eigenvalue weighted by Crippen LogP contribution is -2.40. The average Bonchev–Trinajstić information content (AvgIpc) is 2.62. The Bertz CT molecular complexity index is 235. The van der Waals surface area contributed by atoms with Crippen molar-refractivity contribution in [3.05, 3.63) is 0 Å². The number of carboxylic acid groups (broad SMARTS) is 1. The average molecular weight is 237 g/mol. The van der Waals surface area contributed by atoms with Gasteiger partial charge in [0.1, 0.15) is 6.04 Å². The van der Waals surface area contributed by atoms with Crippen molar-refractivity contribution in [2.24, 2.45) is 5.73 Å². The van der Waals surface area contributed by atoms with Gasteiger partial charge in [0.25, 0.3) is 0 Å². The van der Waals surface area contributed by atoms with Gasteiger partial charge in [-0.2, -0.15) is 0 Å². The molecule has 1 aliphatic heterocycles. The Morgan fingerprint density at radius 3 is 2.67 bits per heavy atom. The molecule has 1 heterocycles. The molecule has 0 spiro atoms. The molecule has 0 aromatic rings. The van der Waals surface area contributed by atoms with E-state index in [2.05, 4.69) is 0 Å². The zero-order chi connectivity index (χ0) is 10.6. The SMILES string of the molecule is Cl.NCCCC(=O)N1CCC[C@H]1C(=O)O. The van der Waals surface area contributed by atoms with E-state index in [0.717, 1.165) is 6.42 Å². The maximum atomic E-state index is 11.5. The van der Waals surface area contributed by atoms with Crippen molar-refractivity contribution in [3.8, 4) is 0 Å². The number of carboxylic acids is 1. The van der Waals surface area contributed by atoms with E-state index in [4.69, 9.17) is 10.8 Å². The van der Waals surface area contributed by atoms with Gasteiger partial charge in [0.05, 0.1) is 0 Å². The molecule has 0 aromatic carbocycles. The van der Waals surface area contributed by atoms with Gasteiger partial charge in [-0.05, 0) is 25.8 Å². The Morgan fingerprint density at radius 1 is 1.47 bits per heavy atom. The first-order valence-electron chi connectivity index (χ1n) is 4.89. The Balaban J connectivity index is 0.00000196. The molecule has 88 valence electrons. The van der Waals surface area contributed by atoms with Crippen LogP contribution in [-0.4, -0.2) is 41.0 Å². The van der Waals surface area contributed by atoms with Crippen molar-refractivity contribution in [2.75, 3.05) is 13.1 Å². The van der Waals surface area contributed by atoms with Crippen LogP contribution < -0.4 is 5.73 Å². The van der Waals surface area contributed by atoms with Gasteiger partial charge in [-0.1, -0.05) is 0 Å². The highest BCUT2D eigenvalue weighted by molar-refractivity contribution is 5.85. The van der Waals surface area contributed by atoms with Crippen molar-refractivity contribution in [2.45, 2.75) is 31.7 Å². The van der Waals surface area contributed by atoms with Gasteiger partial charge in [0, 0.05) is 13.0 Å². The summed E-state index contributed by atoms with van der Waals surface area (Å²) in [5.41, 5.74) is 5.28. The van der Waals surface area contributed by atoms with Crippen LogP contribution in [0.1, 0.15) is 25.7 Å². The maximum Gasteiger partial charge on any atom is 0.326 e. The van der Waals surface area contributed by atoms with E-state index in [1.807, 2.05) is 0 Å². The van der Waals surface area contributed by atoms with Crippen LogP contribution >= 0.6 is 12.4 Å². The van der Waals surface area contributed by atoms with Gasteiger partial charge in [-0.25, -0.2) is 4.79 Å². The van der Waals surface area contributed by atoms with Gasteiger partial charge in [0.15, 0.2) is 0 Å². The summed E-state index contributed by atoms with van der Waals surface area (Å²) in [6, 6.07) is -0.611. The molecule has 0 bridgehead atoms. The summed E-state index contributed by atoms with van der Waals surface area (Å²) in [4.78, 5) is 23.8. The minimum Gasteiger partial charge on any atom is -0.480 e. The Morgan fingerprint density at radius 2 is 2.13 bits per heavy atom. The van der Waals surface area contributed by atoms with Gasteiger partial charge < -0.3 is 15.7 Å². The molecular formula is C9H17ClN2O3. The highest BCUT2D eigenvalue weighted by Gasteiger charge is 2.33. The third kappa shape index (κ3) is 3.68. The van der Waals surface area contributed by atoms with E-state index in [1.165, 1.54) is 4.90 Å². The molecule has 0 unspecified atom stereocenters. The number of hydrogen-bond donors (Lipinski definition) is 2. The molecule has 6 heteroatoms. The molecule has 1 amide bonds. The van der Waals surface area contributed by atoms with Gasteiger partial charge in [-0.15, -0.1) is 12.4 Å². The van der Waals surface area contributed by atoms with E-state index < -0.39 is 12.0 Å². The second-order valence-corrected chi connectivity index (χ2v) is 3.48. The van der Waals surface area contributed by atoms with Crippen LogP contribution in [0.5, 0.6) is 0 Å². The fraction of sp³-hybridized carbons (Fsp3) is 0.778. The van der Waals surface area contributed by atoms with Crippen molar-refractivity contribution in [1.82, 2.24) is 4.90 Å². The summed E-state index contributed by atoms with van der Waals surface area (Å²) in [5, 5.41) is 8.84. The van der Waals surface area contributed by atoms with E-state index in [0.29, 0.717) is 32.4 Å². The van der Waals surface area contributed by atoms with Crippen LogP contribution in [0.2, 0.25) is 0 Å². The fourth-order valence-corrected chi connectivity index (χ4v) is 1.72. The number of aliphatic carboxylic acids is 1. The number of nitrogens with zero attached hydrogens (tertiary/aromatic N) is 1. The van der Waals surface area contributed by atoms with Crippen LogP contribution in [0.3, 0.4) is 0 Å². The monoisotopic (exact) mass is 236 g/mol. The first-order valence-corrected chi connectivity index (χ1v) is 4.89. The summed E-state index contributed by atoms with van der Waals surface area (Å²) in [6.07, 6.45) is 2.34. The Labute approximate surface area is 95.0 Å². The van der Waals surface area contributed by atoms with Crippen LogP contribution in [0.25, 0.3) is 0 Å². The predicted octanol–water partition coefficient (Wildman–Crippen LogP) is 0.223. The highest BCUT2D eigenvalue weighted by Crippen LogP contribution is 2.18. The highest BCUT2D eigenvalue weighted by atomic mass is 35.5. The normalized spacial score (nSPS) is 19.8. The maximum absolute atomic E-state index is 11.5. The smallest absolute Gasteiger partial charge is 0.326 e. The lowest BCUT2D eigenvalue weighted by atomic mass is 10.2. The van der Waals surface area contributed by atoms with Gasteiger partial charge >= 0.3 is 5.97 Å². The lowest BCUT2D eigenvalue weighted by molar-refractivity contribution is -0.148. The van der Waals surface area contributed by atoms with E-state index in [-0.39, 0.29) is 18.3 Å². The number of hydrogen-bond acceptors (Lipinski definition) is 3. The Hall–Kier alpha value is -0.810. The molecule has 1 fully saturated rings. The van der Waals surface area contributed by atoms with Crippen molar-refractivity contribution >= 4 is 24.3 Å². The molecule has 1 aliphatic rings. The van der Waals surface area contributed by atoms with Gasteiger partial charge in [0.2, 0.25) is 5.91 Å². The summed E-state index contributed by atoms with van der Waals surface area (Å²) in [7, 11) is 0. The van der Waals surface area contributed by atoms with Crippen molar-refractivity contribution in [3.63, 3.8) is 0 Å². The molecule has 0 radical (unpaired) electrons. The molecule has 1 rings (SSSR count). The minimum absolute atomic E-state index is 0. The number of carbonyl (C=O) groups excluding carboxylic acids is 1. The van der Waals surface area contributed by atoms with Crippen LogP contribution in [0.15, 0.2) is 0 Å². The van der Waals surface area contributed by atoms with E-state index in [1.54, 1.807) is 0 Å². The fourth-order valence-electron chi connectivity index (χ4n) is 1.72. The number of nitrogens with two attached hydrogens (primary N) is 1. The molecular weight excluding hydrogens is 220 g/mol. The van der Waals surface area contributed by atoms with Gasteiger partial charge in [-0.3, -0.25) is 4.79 Å². The summed E-state index contributed by atoms with van der Waals surface area (Å²) >= 11 is 0. The zero-order valence-corrected chi connectivity index (χ0v) is 9.33. The van der Waals surface area contributed by atoms with Crippen molar-refractivity contribution in [1.29, 1.82) is 0 Å². The minimum atomic E-state index is -0.899. The molecule has 0 saturated carbocycles. The first kappa shape index (κ1) is 14.2. The Kier molecular flexibility index (Phi) is 6.27.